The molecule has 0 aliphatic heterocycles. The second kappa shape index (κ2) is 4.85. The van der Waals surface area contributed by atoms with Crippen molar-refractivity contribution in [2.75, 3.05) is 0 Å². The van der Waals surface area contributed by atoms with Gasteiger partial charge in [-0.3, -0.25) is 0 Å². The van der Waals surface area contributed by atoms with E-state index in [-0.39, 0.29) is 0 Å². The molecule has 0 saturated heterocycles. The van der Waals surface area contributed by atoms with Crippen molar-refractivity contribution in [1.29, 1.82) is 0 Å². The third-order valence-corrected chi connectivity index (χ3v) is 2.63. The molecule has 0 spiro atoms. The lowest BCUT2D eigenvalue weighted by Gasteiger charge is -1.99. The maximum Gasteiger partial charge on any atom is 0.258 e. The summed E-state index contributed by atoms with van der Waals surface area (Å²) in [5.41, 5.74) is 1.78. The SMILES string of the molecule is CCC(O)c1noc(-c2cc(C)cc(Cl)c2)n1. The first kappa shape index (κ1) is 12.1. The highest BCUT2D eigenvalue weighted by atomic mass is 35.5. The molecule has 1 heterocycles. The van der Waals surface area contributed by atoms with Gasteiger partial charge < -0.3 is 9.63 Å². The minimum absolute atomic E-state index is 0.306. The van der Waals surface area contributed by atoms with Gasteiger partial charge in [-0.25, -0.2) is 0 Å². The number of halogens is 1. The van der Waals surface area contributed by atoms with E-state index in [1.54, 1.807) is 6.07 Å². The number of rotatable bonds is 3. The number of hydrogen-bond acceptors (Lipinski definition) is 4. The normalized spacial score (nSPS) is 12.7. The van der Waals surface area contributed by atoms with E-state index < -0.39 is 6.10 Å². The van der Waals surface area contributed by atoms with Gasteiger partial charge in [0.15, 0.2) is 0 Å². The first-order valence-corrected chi connectivity index (χ1v) is 5.77. The van der Waals surface area contributed by atoms with Crippen LogP contribution >= 0.6 is 11.6 Å². The zero-order valence-electron chi connectivity index (χ0n) is 9.64. The van der Waals surface area contributed by atoms with Crippen LogP contribution in [-0.4, -0.2) is 15.2 Å². The molecule has 4 nitrogen and oxygen atoms in total. The molecule has 0 radical (unpaired) electrons. The maximum absolute atomic E-state index is 9.59. The van der Waals surface area contributed by atoms with Gasteiger partial charge in [-0.05, 0) is 37.1 Å². The number of aromatic nitrogens is 2. The summed E-state index contributed by atoms with van der Waals surface area (Å²) in [6.07, 6.45) is -0.138. The molecule has 1 N–H and O–H groups in total. The maximum atomic E-state index is 9.59. The Labute approximate surface area is 104 Å². The Balaban J connectivity index is 2.36. The molecule has 0 saturated carbocycles. The van der Waals surface area contributed by atoms with Crippen molar-refractivity contribution in [2.24, 2.45) is 0 Å². The van der Waals surface area contributed by atoms with Crippen LogP contribution in [0, 0.1) is 6.92 Å². The summed E-state index contributed by atoms with van der Waals surface area (Å²) in [5.74, 6) is 0.679. The lowest BCUT2D eigenvalue weighted by Crippen LogP contribution is -1.97. The van der Waals surface area contributed by atoms with Gasteiger partial charge in [-0.15, -0.1) is 0 Å². The van der Waals surface area contributed by atoms with E-state index in [1.165, 1.54) is 0 Å². The standard InChI is InChI=1S/C12H13ClN2O2/c1-3-10(16)11-14-12(17-15-11)8-4-7(2)5-9(13)6-8/h4-6,10,16H,3H2,1-2H3. The monoisotopic (exact) mass is 252 g/mol. The lowest BCUT2D eigenvalue weighted by atomic mass is 10.1. The van der Waals surface area contributed by atoms with Crippen LogP contribution in [0.15, 0.2) is 22.7 Å². The molecule has 1 unspecified atom stereocenters. The van der Waals surface area contributed by atoms with Crippen LogP contribution in [0.25, 0.3) is 11.5 Å². The molecule has 1 atom stereocenters. The third-order valence-electron chi connectivity index (χ3n) is 2.42. The molecule has 0 fully saturated rings. The predicted molar refractivity (Wildman–Crippen MR) is 64.7 cm³/mol. The summed E-state index contributed by atoms with van der Waals surface area (Å²) in [5, 5.41) is 14.0. The molecular formula is C12H13ClN2O2. The second-order valence-corrected chi connectivity index (χ2v) is 4.34. The average molecular weight is 253 g/mol. The van der Waals surface area contributed by atoms with Crippen LogP contribution in [0.4, 0.5) is 0 Å². The Morgan fingerprint density at radius 1 is 1.41 bits per heavy atom. The number of hydrogen-bond donors (Lipinski definition) is 1. The van der Waals surface area contributed by atoms with Gasteiger partial charge >= 0.3 is 0 Å². The van der Waals surface area contributed by atoms with Crippen molar-refractivity contribution in [1.82, 2.24) is 10.1 Å². The van der Waals surface area contributed by atoms with Gasteiger partial charge in [0, 0.05) is 10.6 Å². The van der Waals surface area contributed by atoms with Crippen molar-refractivity contribution in [3.63, 3.8) is 0 Å². The zero-order valence-corrected chi connectivity index (χ0v) is 10.4. The molecule has 0 amide bonds. The summed E-state index contributed by atoms with van der Waals surface area (Å²) in [7, 11) is 0. The highest BCUT2D eigenvalue weighted by molar-refractivity contribution is 6.30. The number of aryl methyl sites for hydroxylation is 1. The Morgan fingerprint density at radius 2 is 2.18 bits per heavy atom. The van der Waals surface area contributed by atoms with Crippen LogP contribution in [0.1, 0.15) is 30.8 Å². The second-order valence-electron chi connectivity index (χ2n) is 3.90. The largest absolute Gasteiger partial charge is 0.385 e. The van der Waals surface area contributed by atoms with Crippen molar-refractivity contribution in [3.8, 4) is 11.5 Å². The van der Waals surface area contributed by atoms with Gasteiger partial charge in [-0.1, -0.05) is 23.7 Å². The number of aliphatic hydroxyl groups excluding tert-OH is 1. The van der Waals surface area contributed by atoms with Crippen LogP contribution in [0.5, 0.6) is 0 Å². The van der Waals surface area contributed by atoms with E-state index >= 15 is 0 Å². The van der Waals surface area contributed by atoms with E-state index in [4.69, 9.17) is 16.1 Å². The van der Waals surface area contributed by atoms with Crippen LogP contribution < -0.4 is 0 Å². The lowest BCUT2D eigenvalue weighted by molar-refractivity contribution is 0.159. The molecule has 90 valence electrons. The number of benzene rings is 1. The van der Waals surface area contributed by atoms with E-state index in [0.29, 0.717) is 23.2 Å². The van der Waals surface area contributed by atoms with Gasteiger partial charge in [0.25, 0.3) is 5.89 Å². The first-order valence-electron chi connectivity index (χ1n) is 5.39. The van der Waals surface area contributed by atoms with Crippen molar-refractivity contribution < 1.29 is 9.63 Å². The fourth-order valence-electron chi connectivity index (χ4n) is 1.53. The molecule has 2 rings (SSSR count). The summed E-state index contributed by atoms with van der Waals surface area (Å²) >= 11 is 5.96. The highest BCUT2D eigenvalue weighted by Crippen LogP contribution is 2.24. The fraction of sp³-hybridized carbons (Fsp3) is 0.333. The van der Waals surface area contributed by atoms with Crippen LogP contribution in [0.2, 0.25) is 5.02 Å². The molecule has 0 aliphatic rings. The molecular weight excluding hydrogens is 240 g/mol. The topological polar surface area (TPSA) is 59.2 Å². The Morgan fingerprint density at radius 3 is 2.82 bits per heavy atom. The van der Waals surface area contributed by atoms with Crippen molar-refractivity contribution in [2.45, 2.75) is 26.4 Å². The van der Waals surface area contributed by atoms with Gasteiger partial charge in [0.1, 0.15) is 6.10 Å². The van der Waals surface area contributed by atoms with Gasteiger partial charge in [0.05, 0.1) is 0 Å². The molecule has 5 heteroatoms. The van der Waals surface area contributed by atoms with E-state index in [2.05, 4.69) is 10.1 Å². The summed E-state index contributed by atoms with van der Waals surface area (Å²) < 4.78 is 5.10. The minimum atomic E-state index is -0.687. The van der Waals surface area contributed by atoms with E-state index in [0.717, 1.165) is 11.1 Å². The quantitative estimate of drug-likeness (QED) is 0.912. The van der Waals surface area contributed by atoms with Gasteiger partial charge in [-0.2, -0.15) is 4.98 Å². The van der Waals surface area contributed by atoms with E-state index in [1.807, 2.05) is 26.0 Å². The average Bonchev–Trinajstić information content (AvgIpc) is 2.76. The zero-order chi connectivity index (χ0) is 12.4. The van der Waals surface area contributed by atoms with Crippen molar-refractivity contribution >= 4 is 11.6 Å². The first-order chi connectivity index (χ1) is 8.10. The molecule has 1 aromatic heterocycles. The van der Waals surface area contributed by atoms with Crippen LogP contribution in [-0.2, 0) is 0 Å². The smallest absolute Gasteiger partial charge is 0.258 e. The fourth-order valence-corrected chi connectivity index (χ4v) is 1.82. The summed E-state index contributed by atoms with van der Waals surface area (Å²) in [4.78, 5) is 4.15. The highest BCUT2D eigenvalue weighted by Gasteiger charge is 2.15. The molecule has 0 bridgehead atoms. The Kier molecular flexibility index (Phi) is 3.45. The van der Waals surface area contributed by atoms with Gasteiger partial charge in [0.2, 0.25) is 5.82 Å². The number of aliphatic hydroxyl groups is 1. The predicted octanol–water partition coefficient (Wildman–Crippen LogP) is 3.14. The van der Waals surface area contributed by atoms with Crippen molar-refractivity contribution in [3.05, 3.63) is 34.6 Å². The minimum Gasteiger partial charge on any atom is -0.385 e. The molecule has 2 aromatic rings. The molecule has 17 heavy (non-hydrogen) atoms. The van der Waals surface area contributed by atoms with Crippen LogP contribution in [0.3, 0.4) is 0 Å². The third kappa shape index (κ3) is 2.65. The Bertz CT molecular complexity index is 505. The molecule has 0 aliphatic carbocycles. The number of nitrogens with zero attached hydrogens (tertiary/aromatic N) is 2. The van der Waals surface area contributed by atoms with E-state index in [9.17, 15) is 5.11 Å². The summed E-state index contributed by atoms with van der Waals surface area (Å²) in [6, 6.07) is 5.51. The Hall–Kier alpha value is -1.39. The summed E-state index contributed by atoms with van der Waals surface area (Å²) in [6.45, 7) is 3.79. The molecule has 1 aromatic carbocycles.